The summed E-state index contributed by atoms with van der Waals surface area (Å²) in [6.45, 7) is 7.88. The molecule has 0 fully saturated rings. The highest BCUT2D eigenvalue weighted by atomic mass is 16.6. The number of ether oxygens (including phenoxy) is 3. The molecule has 0 heterocycles. The Balaban J connectivity index is 1.71. The molecule has 5 heteroatoms. The first kappa shape index (κ1) is 23.3. The second kappa shape index (κ2) is 13.3. The third-order valence-electron chi connectivity index (χ3n) is 4.48. The molecule has 30 heavy (non-hydrogen) atoms. The van der Waals surface area contributed by atoms with Gasteiger partial charge >= 0.3 is 0 Å². The summed E-state index contributed by atoms with van der Waals surface area (Å²) in [5.74, 6) is 2.67. The zero-order valence-corrected chi connectivity index (χ0v) is 18.5. The number of rotatable bonds is 13. The lowest BCUT2D eigenvalue weighted by Gasteiger charge is -2.14. The van der Waals surface area contributed by atoms with Crippen LogP contribution in [-0.4, -0.2) is 33.1 Å². The Morgan fingerprint density at radius 1 is 0.900 bits per heavy atom. The summed E-state index contributed by atoms with van der Waals surface area (Å²) >= 11 is 0. The molecule has 0 atom stereocenters. The number of hydrogen-bond acceptors (Lipinski definition) is 5. The molecule has 162 valence electrons. The first-order valence-corrected chi connectivity index (χ1v) is 10.4. The molecule has 2 aromatic carbocycles. The summed E-state index contributed by atoms with van der Waals surface area (Å²) < 4.78 is 17.5. The Labute approximate surface area is 180 Å². The van der Waals surface area contributed by atoms with Gasteiger partial charge in [0.2, 0.25) is 0 Å². The Morgan fingerprint density at radius 3 is 2.27 bits per heavy atom. The van der Waals surface area contributed by atoms with Crippen LogP contribution in [0.1, 0.15) is 36.5 Å². The average Bonchev–Trinajstić information content (AvgIpc) is 2.74. The summed E-state index contributed by atoms with van der Waals surface area (Å²) in [4.78, 5) is 4.66. The Bertz CT molecular complexity index is 789. The van der Waals surface area contributed by atoms with Crippen molar-refractivity contribution < 1.29 is 19.0 Å². The molecule has 0 N–H and O–H groups in total. The van der Waals surface area contributed by atoms with Crippen LogP contribution >= 0.6 is 0 Å². The summed E-state index contributed by atoms with van der Waals surface area (Å²) in [6, 6.07) is 12.2. The van der Waals surface area contributed by atoms with E-state index in [1.165, 1.54) is 5.56 Å². The van der Waals surface area contributed by atoms with Crippen molar-refractivity contribution in [1.29, 1.82) is 0 Å². The van der Waals surface area contributed by atoms with E-state index in [0.29, 0.717) is 19.8 Å². The van der Waals surface area contributed by atoms with Crippen LogP contribution in [0.4, 0.5) is 0 Å². The third-order valence-corrected chi connectivity index (χ3v) is 4.48. The monoisotopic (exact) mass is 411 g/mol. The molecular weight excluding hydrogens is 378 g/mol. The molecule has 0 saturated heterocycles. The molecule has 0 unspecified atom stereocenters. The van der Waals surface area contributed by atoms with E-state index in [2.05, 4.69) is 22.1 Å². The van der Waals surface area contributed by atoms with Crippen LogP contribution < -0.4 is 14.2 Å². The number of allylic oxidation sites excluding steroid dienone is 1. The van der Waals surface area contributed by atoms with E-state index in [9.17, 15) is 0 Å². The van der Waals surface area contributed by atoms with Crippen molar-refractivity contribution in [2.24, 2.45) is 5.16 Å². The van der Waals surface area contributed by atoms with Crippen LogP contribution in [0.3, 0.4) is 0 Å². The molecular formula is C25H33NO4. The molecule has 5 nitrogen and oxygen atoms in total. The lowest BCUT2D eigenvalue weighted by atomic mass is 10.1. The van der Waals surface area contributed by atoms with E-state index >= 15 is 0 Å². The molecule has 0 aliphatic carbocycles. The first-order valence-electron chi connectivity index (χ1n) is 10.4. The smallest absolute Gasteiger partial charge is 0.125 e. The van der Waals surface area contributed by atoms with Gasteiger partial charge in [-0.25, -0.2) is 0 Å². The van der Waals surface area contributed by atoms with Crippen LogP contribution in [0.15, 0.2) is 53.7 Å². The molecule has 0 saturated carbocycles. The Morgan fingerprint density at radius 2 is 1.60 bits per heavy atom. The van der Waals surface area contributed by atoms with Crippen molar-refractivity contribution in [1.82, 2.24) is 0 Å². The van der Waals surface area contributed by atoms with Crippen molar-refractivity contribution in [3.05, 3.63) is 65.2 Å². The predicted molar refractivity (Wildman–Crippen MR) is 122 cm³/mol. The maximum atomic E-state index is 6.00. The lowest BCUT2D eigenvalue weighted by molar-refractivity contribution is 0.214. The van der Waals surface area contributed by atoms with Crippen LogP contribution in [-0.2, 0) is 11.3 Å². The summed E-state index contributed by atoms with van der Waals surface area (Å²) in [6.07, 6.45) is 8.34. The van der Waals surface area contributed by atoms with E-state index in [1.54, 1.807) is 13.3 Å². The van der Waals surface area contributed by atoms with Crippen LogP contribution in [0.5, 0.6) is 17.2 Å². The average molecular weight is 412 g/mol. The molecule has 0 radical (unpaired) electrons. The van der Waals surface area contributed by atoms with Gasteiger partial charge in [0.05, 0.1) is 13.2 Å². The van der Waals surface area contributed by atoms with Gasteiger partial charge in [-0.05, 0) is 74.6 Å². The number of hydrogen-bond donors (Lipinski definition) is 0. The van der Waals surface area contributed by atoms with Crippen molar-refractivity contribution in [3.63, 3.8) is 0 Å². The van der Waals surface area contributed by atoms with E-state index in [0.717, 1.165) is 47.6 Å². The second-order valence-electron chi connectivity index (χ2n) is 6.97. The summed E-state index contributed by atoms with van der Waals surface area (Å²) in [7, 11) is 1.55. The number of nitrogens with zero attached hydrogens (tertiary/aromatic N) is 1. The van der Waals surface area contributed by atoms with E-state index in [1.807, 2.05) is 57.2 Å². The molecule has 0 aliphatic heterocycles. The van der Waals surface area contributed by atoms with Gasteiger partial charge in [-0.3, -0.25) is 0 Å². The van der Waals surface area contributed by atoms with Crippen LogP contribution in [0, 0.1) is 13.8 Å². The van der Waals surface area contributed by atoms with Crippen molar-refractivity contribution in [2.45, 2.75) is 40.0 Å². The minimum Gasteiger partial charge on any atom is -0.493 e. The first-order chi connectivity index (χ1) is 14.6. The standard InChI is InChI=1S/C25H33NO4/c1-5-6-15-29-24-18-20(2)25(21(3)19-24)30-17-8-16-28-23-12-10-22(11-13-23)9-7-14-26-27-4/h5-6,10-14,18-19H,7-9,15-17H2,1-4H3/b6-5+,26-14?. The molecule has 0 amide bonds. The lowest BCUT2D eigenvalue weighted by Crippen LogP contribution is -2.07. The van der Waals surface area contributed by atoms with Crippen molar-refractivity contribution in [2.75, 3.05) is 26.9 Å². The quantitative estimate of drug-likeness (QED) is 0.184. The van der Waals surface area contributed by atoms with Gasteiger partial charge in [-0.15, -0.1) is 0 Å². The topological polar surface area (TPSA) is 49.3 Å². The minimum absolute atomic E-state index is 0.579. The number of aryl methyl sites for hydroxylation is 3. The number of oxime groups is 1. The summed E-state index contributed by atoms with van der Waals surface area (Å²) in [5, 5.41) is 3.74. The predicted octanol–water partition coefficient (Wildman–Crippen LogP) is 5.67. The molecule has 0 spiro atoms. The Hall–Kier alpha value is -2.95. The third kappa shape index (κ3) is 8.19. The molecule has 0 aliphatic rings. The van der Waals surface area contributed by atoms with Crippen LogP contribution in [0.2, 0.25) is 0 Å². The van der Waals surface area contributed by atoms with Crippen molar-refractivity contribution >= 4 is 6.21 Å². The van der Waals surface area contributed by atoms with Gasteiger partial charge in [0.1, 0.15) is 31.0 Å². The Kier molecular flexibility index (Phi) is 10.3. The fraction of sp³-hybridized carbons (Fsp3) is 0.400. The minimum atomic E-state index is 0.579. The zero-order valence-electron chi connectivity index (χ0n) is 18.5. The highest BCUT2D eigenvalue weighted by Crippen LogP contribution is 2.28. The van der Waals surface area contributed by atoms with Gasteiger partial charge < -0.3 is 19.0 Å². The van der Waals surface area contributed by atoms with Gasteiger partial charge in [-0.2, -0.15) is 0 Å². The highest BCUT2D eigenvalue weighted by molar-refractivity contribution is 5.56. The maximum absolute atomic E-state index is 6.00. The van der Waals surface area contributed by atoms with Gasteiger partial charge in [0.15, 0.2) is 0 Å². The number of benzene rings is 2. The van der Waals surface area contributed by atoms with E-state index in [4.69, 9.17) is 14.2 Å². The van der Waals surface area contributed by atoms with Gasteiger partial charge in [0.25, 0.3) is 0 Å². The molecule has 2 rings (SSSR count). The normalized spacial score (nSPS) is 11.2. The SMILES string of the molecule is C/C=C/COc1cc(C)c(OCCCOc2ccc(CCC=NOC)cc2)c(C)c1. The van der Waals surface area contributed by atoms with Gasteiger partial charge in [0, 0.05) is 12.6 Å². The van der Waals surface area contributed by atoms with Crippen molar-refractivity contribution in [3.8, 4) is 17.2 Å². The summed E-state index contributed by atoms with van der Waals surface area (Å²) in [5.41, 5.74) is 3.41. The highest BCUT2D eigenvalue weighted by Gasteiger charge is 2.07. The molecule has 2 aromatic rings. The van der Waals surface area contributed by atoms with Gasteiger partial charge in [-0.1, -0.05) is 29.4 Å². The fourth-order valence-corrected chi connectivity index (χ4v) is 3.00. The van der Waals surface area contributed by atoms with E-state index in [-0.39, 0.29) is 0 Å². The molecule has 0 aromatic heterocycles. The maximum Gasteiger partial charge on any atom is 0.125 e. The zero-order chi connectivity index (χ0) is 21.6. The second-order valence-corrected chi connectivity index (χ2v) is 6.97. The van der Waals surface area contributed by atoms with Crippen LogP contribution in [0.25, 0.3) is 0 Å². The molecule has 0 bridgehead atoms. The largest absolute Gasteiger partial charge is 0.493 e. The fourth-order valence-electron chi connectivity index (χ4n) is 3.00. The van der Waals surface area contributed by atoms with E-state index < -0.39 is 0 Å².